The Bertz CT molecular complexity index is 819. The van der Waals surface area contributed by atoms with E-state index in [4.69, 9.17) is 36.9 Å². The van der Waals surface area contributed by atoms with Gasteiger partial charge in [0.05, 0.1) is 11.2 Å². The van der Waals surface area contributed by atoms with E-state index in [2.05, 4.69) is 20.7 Å². The number of nitrogens with zero attached hydrogens (tertiary/aromatic N) is 3. The van der Waals surface area contributed by atoms with Gasteiger partial charge in [0.1, 0.15) is 5.75 Å². The highest BCUT2D eigenvalue weighted by Crippen LogP contribution is 2.27. The van der Waals surface area contributed by atoms with Crippen LogP contribution < -0.4 is 10.1 Å². The lowest BCUT2D eigenvalue weighted by Gasteiger charge is -2.07. The van der Waals surface area contributed by atoms with Gasteiger partial charge in [-0.05, 0) is 18.2 Å². The molecule has 0 fully saturated rings. The summed E-state index contributed by atoms with van der Waals surface area (Å²) < 4.78 is 15.3. The molecule has 0 radical (unpaired) electrons. The maximum atomic E-state index is 11.8. The van der Waals surface area contributed by atoms with E-state index in [0.29, 0.717) is 21.6 Å². The van der Waals surface area contributed by atoms with Crippen molar-refractivity contribution in [3.05, 3.63) is 40.5 Å². The van der Waals surface area contributed by atoms with Crippen LogP contribution in [0.4, 0.5) is 6.01 Å². The van der Waals surface area contributed by atoms with Gasteiger partial charge in [0.25, 0.3) is 11.8 Å². The molecule has 0 saturated heterocycles. The van der Waals surface area contributed by atoms with Gasteiger partial charge < -0.3 is 13.7 Å². The standard InChI is InChI=1S/C13H8Cl2N4O4/c14-7-1-2-9(8(15)5-7)21-6-11(20)17-13-19-18-12(22-13)10-3-4-16-23-10/h1-5H,6H2,(H,17,19,20). The van der Waals surface area contributed by atoms with Crippen molar-refractivity contribution in [3.8, 4) is 17.4 Å². The first-order valence-electron chi connectivity index (χ1n) is 6.24. The lowest BCUT2D eigenvalue weighted by Crippen LogP contribution is -2.20. The number of amides is 1. The fourth-order valence-corrected chi connectivity index (χ4v) is 2.05. The van der Waals surface area contributed by atoms with Crippen LogP contribution in [0.3, 0.4) is 0 Å². The zero-order valence-corrected chi connectivity index (χ0v) is 12.8. The fraction of sp³-hybridized carbons (Fsp3) is 0.0769. The van der Waals surface area contributed by atoms with Gasteiger partial charge in [-0.15, -0.1) is 5.10 Å². The van der Waals surface area contributed by atoms with Crippen LogP contribution in [0.15, 0.2) is 39.4 Å². The molecule has 3 aromatic rings. The first kappa shape index (κ1) is 15.3. The van der Waals surface area contributed by atoms with E-state index in [1.165, 1.54) is 12.3 Å². The molecule has 10 heteroatoms. The Balaban J connectivity index is 1.57. The average Bonchev–Trinajstić information content (AvgIpc) is 3.17. The molecule has 8 nitrogen and oxygen atoms in total. The van der Waals surface area contributed by atoms with E-state index < -0.39 is 5.91 Å². The quantitative estimate of drug-likeness (QED) is 0.750. The minimum absolute atomic E-state index is 0.0906. The molecule has 0 saturated carbocycles. The minimum atomic E-state index is -0.496. The van der Waals surface area contributed by atoms with Crippen molar-refractivity contribution in [2.75, 3.05) is 11.9 Å². The molecule has 2 heterocycles. The molecule has 3 rings (SSSR count). The van der Waals surface area contributed by atoms with E-state index in [9.17, 15) is 4.79 Å². The third kappa shape index (κ3) is 3.79. The van der Waals surface area contributed by atoms with Crippen molar-refractivity contribution in [2.45, 2.75) is 0 Å². The molecule has 0 bridgehead atoms. The van der Waals surface area contributed by atoms with Crippen LogP contribution in [0.5, 0.6) is 5.75 Å². The molecule has 1 N–H and O–H groups in total. The number of carbonyl (C=O) groups excluding carboxylic acids is 1. The SMILES string of the molecule is O=C(COc1ccc(Cl)cc1Cl)Nc1nnc(-c2ccno2)o1. The van der Waals surface area contributed by atoms with Crippen LogP contribution in [-0.2, 0) is 4.79 Å². The van der Waals surface area contributed by atoms with Gasteiger partial charge in [0, 0.05) is 11.1 Å². The molecular formula is C13H8Cl2N4O4. The van der Waals surface area contributed by atoms with Gasteiger partial charge in [-0.25, -0.2) is 0 Å². The molecule has 1 aromatic carbocycles. The molecule has 23 heavy (non-hydrogen) atoms. The summed E-state index contributed by atoms with van der Waals surface area (Å²) in [6, 6.07) is 6.13. The number of aromatic nitrogens is 3. The zero-order valence-electron chi connectivity index (χ0n) is 11.3. The number of rotatable bonds is 5. The lowest BCUT2D eigenvalue weighted by molar-refractivity contribution is -0.118. The Morgan fingerprint density at radius 3 is 2.87 bits per heavy atom. The summed E-state index contributed by atoms with van der Waals surface area (Å²) in [7, 11) is 0. The highest BCUT2D eigenvalue weighted by atomic mass is 35.5. The monoisotopic (exact) mass is 354 g/mol. The molecule has 1 amide bonds. The summed E-state index contributed by atoms with van der Waals surface area (Å²) in [5, 5.41) is 14.0. The van der Waals surface area contributed by atoms with Crippen LogP contribution in [0.2, 0.25) is 10.0 Å². The van der Waals surface area contributed by atoms with Crippen molar-refractivity contribution in [1.29, 1.82) is 0 Å². The van der Waals surface area contributed by atoms with Crippen LogP contribution in [0.25, 0.3) is 11.7 Å². The maximum absolute atomic E-state index is 11.8. The van der Waals surface area contributed by atoms with Crippen LogP contribution in [0.1, 0.15) is 0 Å². The third-order valence-corrected chi connectivity index (χ3v) is 3.10. The summed E-state index contributed by atoms with van der Waals surface area (Å²) in [4.78, 5) is 11.8. The van der Waals surface area contributed by atoms with E-state index in [0.717, 1.165) is 0 Å². The van der Waals surface area contributed by atoms with Gasteiger partial charge in [-0.1, -0.05) is 33.5 Å². The molecule has 0 unspecified atom stereocenters. The average molecular weight is 355 g/mol. The number of nitrogens with one attached hydrogen (secondary N) is 1. The van der Waals surface area contributed by atoms with Crippen molar-refractivity contribution < 1.29 is 18.5 Å². The van der Waals surface area contributed by atoms with Gasteiger partial charge in [0.15, 0.2) is 6.61 Å². The number of benzene rings is 1. The molecule has 0 aliphatic carbocycles. The summed E-state index contributed by atoms with van der Waals surface area (Å²) in [6.45, 7) is -0.290. The van der Waals surface area contributed by atoms with Crippen LogP contribution >= 0.6 is 23.2 Å². The number of halogens is 2. The smallest absolute Gasteiger partial charge is 0.322 e. The first-order chi connectivity index (χ1) is 11.1. The second-order valence-electron chi connectivity index (χ2n) is 4.20. The third-order valence-electron chi connectivity index (χ3n) is 2.57. The zero-order chi connectivity index (χ0) is 16.2. The largest absolute Gasteiger partial charge is 0.482 e. The molecule has 0 atom stereocenters. The van der Waals surface area contributed by atoms with Gasteiger partial charge in [-0.2, -0.15) is 0 Å². The van der Waals surface area contributed by atoms with Crippen LogP contribution in [0, 0.1) is 0 Å². The highest BCUT2D eigenvalue weighted by Gasteiger charge is 2.14. The summed E-state index contributed by atoms with van der Waals surface area (Å²) in [6.07, 6.45) is 1.43. The number of ether oxygens (including phenoxy) is 1. The number of hydrogen-bond acceptors (Lipinski definition) is 7. The Kier molecular flexibility index (Phi) is 4.45. The van der Waals surface area contributed by atoms with E-state index in [1.807, 2.05) is 0 Å². The lowest BCUT2D eigenvalue weighted by atomic mass is 10.3. The number of carbonyl (C=O) groups is 1. The predicted molar refractivity (Wildman–Crippen MR) is 80.4 cm³/mol. The van der Waals surface area contributed by atoms with E-state index in [1.54, 1.807) is 18.2 Å². The minimum Gasteiger partial charge on any atom is -0.482 e. The Morgan fingerprint density at radius 2 is 2.13 bits per heavy atom. The number of anilines is 1. The predicted octanol–water partition coefficient (Wildman–Crippen LogP) is 3.05. The number of hydrogen-bond donors (Lipinski definition) is 1. The Hall–Kier alpha value is -2.58. The highest BCUT2D eigenvalue weighted by molar-refractivity contribution is 6.35. The van der Waals surface area contributed by atoms with Crippen molar-refractivity contribution in [1.82, 2.24) is 15.4 Å². The van der Waals surface area contributed by atoms with Gasteiger partial charge in [0.2, 0.25) is 5.76 Å². The van der Waals surface area contributed by atoms with Crippen LogP contribution in [-0.4, -0.2) is 27.9 Å². The Morgan fingerprint density at radius 1 is 1.26 bits per heavy atom. The summed E-state index contributed by atoms with van der Waals surface area (Å²) >= 11 is 11.7. The molecular weight excluding hydrogens is 347 g/mol. The fourth-order valence-electron chi connectivity index (χ4n) is 1.59. The van der Waals surface area contributed by atoms with E-state index >= 15 is 0 Å². The molecule has 118 valence electrons. The van der Waals surface area contributed by atoms with Crippen molar-refractivity contribution in [2.24, 2.45) is 0 Å². The Labute approximate surface area is 139 Å². The second-order valence-corrected chi connectivity index (χ2v) is 5.04. The normalized spacial score (nSPS) is 10.5. The summed E-state index contributed by atoms with van der Waals surface area (Å²) in [5.74, 6) is 0.226. The molecule has 2 aromatic heterocycles. The second kappa shape index (κ2) is 6.67. The first-order valence-corrected chi connectivity index (χ1v) is 6.99. The van der Waals surface area contributed by atoms with Crippen molar-refractivity contribution in [3.63, 3.8) is 0 Å². The summed E-state index contributed by atoms with van der Waals surface area (Å²) in [5.41, 5.74) is 0. The maximum Gasteiger partial charge on any atom is 0.322 e. The topological polar surface area (TPSA) is 103 Å². The van der Waals surface area contributed by atoms with Crippen molar-refractivity contribution >= 4 is 35.1 Å². The molecule has 0 aliphatic rings. The molecule has 0 aliphatic heterocycles. The van der Waals surface area contributed by atoms with Gasteiger partial charge >= 0.3 is 6.01 Å². The van der Waals surface area contributed by atoms with Gasteiger partial charge in [-0.3, -0.25) is 10.1 Å². The van der Waals surface area contributed by atoms with E-state index in [-0.39, 0.29) is 18.5 Å². The molecule has 0 spiro atoms.